The number of nitrogens with zero attached hydrogens (tertiary/aromatic N) is 2. The zero-order valence-corrected chi connectivity index (χ0v) is 12.7. The van der Waals surface area contributed by atoms with Crippen LogP contribution in [0.1, 0.15) is 23.7 Å². The van der Waals surface area contributed by atoms with E-state index in [0.717, 1.165) is 11.3 Å². The highest BCUT2D eigenvalue weighted by Crippen LogP contribution is 2.20. The molecular formula is C15H14N4O2S. The van der Waals surface area contributed by atoms with E-state index in [-0.39, 0.29) is 6.54 Å². The molecule has 6 nitrogen and oxygen atoms in total. The standard InChI is InChI=1S/C15H14N4O2S/c1-2-12-15(22-9-18-12)19-14(21)13(20)17-8-11-5-3-4-10(6-11)7-16/h3-6,9H,2,8H2,1H3,(H,17,20)(H,19,21). The predicted octanol–water partition coefficient (Wildman–Crippen LogP) is 1.83. The van der Waals surface area contributed by atoms with Crippen LogP contribution >= 0.6 is 11.3 Å². The average molecular weight is 314 g/mol. The SMILES string of the molecule is CCc1ncsc1NC(=O)C(=O)NCc1cccc(C#N)c1. The van der Waals surface area contributed by atoms with Gasteiger partial charge in [0.05, 0.1) is 22.8 Å². The monoisotopic (exact) mass is 314 g/mol. The molecule has 22 heavy (non-hydrogen) atoms. The van der Waals surface area contributed by atoms with Gasteiger partial charge in [0, 0.05) is 6.54 Å². The Kier molecular flexibility index (Phi) is 5.22. The molecule has 0 bridgehead atoms. The Morgan fingerprint density at radius 2 is 2.18 bits per heavy atom. The summed E-state index contributed by atoms with van der Waals surface area (Å²) in [6.45, 7) is 2.11. The normalized spacial score (nSPS) is 9.82. The van der Waals surface area contributed by atoms with Gasteiger partial charge in [0.2, 0.25) is 0 Å². The molecule has 0 aliphatic rings. The molecule has 0 fully saturated rings. The molecule has 1 aromatic heterocycles. The summed E-state index contributed by atoms with van der Waals surface area (Å²) in [5.41, 5.74) is 3.65. The summed E-state index contributed by atoms with van der Waals surface area (Å²) >= 11 is 1.28. The van der Waals surface area contributed by atoms with E-state index in [2.05, 4.69) is 15.6 Å². The molecule has 0 saturated carbocycles. The predicted molar refractivity (Wildman–Crippen MR) is 83.1 cm³/mol. The number of aryl methyl sites for hydroxylation is 1. The molecule has 2 amide bonds. The number of thiazole rings is 1. The number of amides is 2. The number of hydrogen-bond donors (Lipinski definition) is 2. The first-order valence-corrected chi connectivity index (χ1v) is 7.52. The summed E-state index contributed by atoms with van der Waals surface area (Å²) in [7, 11) is 0. The van der Waals surface area contributed by atoms with Gasteiger partial charge in [-0.3, -0.25) is 9.59 Å². The minimum atomic E-state index is -0.726. The Morgan fingerprint density at radius 3 is 2.91 bits per heavy atom. The number of carbonyl (C=O) groups is 2. The van der Waals surface area contributed by atoms with E-state index >= 15 is 0 Å². The molecule has 1 aromatic carbocycles. The summed E-state index contributed by atoms with van der Waals surface area (Å²) in [6, 6.07) is 8.86. The van der Waals surface area contributed by atoms with Crippen LogP contribution in [-0.4, -0.2) is 16.8 Å². The van der Waals surface area contributed by atoms with Crippen molar-refractivity contribution in [1.29, 1.82) is 5.26 Å². The molecule has 0 radical (unpaired) electrons. The minimum Gasteiger partial charge on any atom is -0.344 e. The van der Waals surface area contributed by atoms with Crippen molar-refractivity contribution < 1.29 is 9.59 Å². The van der Waals surface area contributed by atoms with Crippen molar-refractivity contribution in [1.82, 2.24) is 10.3 Å². The summed E-state index contributed by atoms with van der Waals surface area (Å²) in [5, 5.41) is 14.5. The Labute approximate surface area is 131 Å². The zero-order valence-electron chi connectivity index (χ0n) is 11.9. The molecule has 2 rings (SSSR count). The molecule has 112 valence electrons. The minimum absolute atomic E-state index is 0.186. The summed E-state index contributed by atoms with van der Waals surface area (Å²) in [4.78, 5) is 27.7. The average Bonchev–Trinajstić information content (AvgIpc) is 2.99. The maximum absolute atomic E-state index is 11.8. The van der Waals surface area contributed by atoms with Gasteiger partial charge in [0.15, 0.2) is 0 Å². The van der Waals surface area contributed by atoms with Gasteiger partial charge >= 0.3 is 11.8 Å². The molecule has 7 heteroatoms. The zero-order chi connectivity index (χ0) is 15.9. The maximum atomic E-state index is 11.8. The molecule has 0 aliphatic carbocycles. The second-order valence-corrected chi connectivity index (χ2v) is 5.29. The second kappa shape index (κ2) is 7.33. The number of benzene rings is 1. The molecule has 0 spiro atoms. The Balaban J connectivity index is 1.91. The fourth-order valence-corrected chi connectivity index (χ4v) is 2.57. The molecule has 2 aromatic rings. The third kappa shape index (κ3) is 3.90. The lowest BCUT2D eigenvalue weighted by Gasteiger charge is -2.06. The van der Waals surface area contributed by atoms with Crippen LogP contribution in [0.15, 0.2) is 29.8 Å². The Bertz CT molecular complexity index is 733. The van der Waals surface area contributed by atoms with E-state index in [1.807, 2.05) is 13.0 Å². The number of anilines is 1. The first kappa shape index (κ1) is 15.7. The van der Waals surface area contributed by atoms with E-state index in [0.29, 0.717) is 17.0 Å². The van der Waals surface area contributed by atoms with E-state index in [1.54, 1.807) is 29.8 Å². The highest BCUT2D eigenvalue weighted by Gasteiger charge is 2.16. The topological polar surface area (TPSA) is 94.9 Å². The number of carbonyl (C=O) groups excluding carboxylic acids is 2. The molecule has 0 aliphatic heterocycles. The number of nitrogens with one attached hydrogen (secondary N) is 2. The van der Waals surface area contributed by atoms with Gasteiger partial charge in [-0.05, 0) is 24.1 Å². The van der Waals surface area contributed by atoms with E-state index < -0.39 is 11.8 Å². The summed E-state index contributed by atoms with van der Waals surface area (Å²) < 4.78 is 0. The fraction of sp³-hybridized carbons (Fsp3) is 0.200. The van der Waals surface area contributed by atoms with Gasteiger partial charge < -0.3 is 10.6 Å². The van der Waals surface area contributed by atoms with E-state index in [9.17, 15) is 9.59 Å². The first-order chi connectivity index (χ1) is 10.6. The number of aromatic nitrogens is 1. The van der Waals surface area contributed by atoms with E-state index in [1.165, 1.54) is 11.3 Å². The maximum Gasteiger partial charge on any atom is 0.314 e. The third-order valence-corrected chi connectivity index (χ3v) is 3.70. The number of hydrogen-bond acceptors (Lipinski definition) is 5. The van der Waals surface area contributed by atoms with Crippen molar-refractivity contribution in [3.05, 3.63) is 46.6 Å². The Morgan fingerprint density at radius 1 is 1.36 bits per heavy atom. The van der Waals surface area contributed by atoms with Crippen molar-refractivity contribution in [2.75, 3.05) is 5.32 Å². The summed E-state index contributed by atoms with van der Waals surface area (Å²) in [5.74, 6) is -1.45. The van der Waals surface area contributed by atoms with Crippen molar-refractivity contribution >= 4 is 28.2 Å². The lowest BCUT2D eigenvalue weighted by molar-refractivity contribution is -0.136. The molecular weight excluding hydrogens is 300 g/mol. The number of rotatable bonds is 4. The van der Waals surface area contributed by atoms with Gasteiger partial charge in [-0.25, -0.2) is 4.98 Å². The summed E-state index contributed by atoms with van der Waals surface area (Å²) in [6.07, 6.45) is 0.682. The van der Waals surface area contributed by atoms with Crippen LogP contribution in [0.25, 0.3) is 0 Å². The van der Waals surface area contributed by atoms with Crippen LogP contribution in [0.3, 0.4) is 0 Å². The number of nitriles is 1. The lowest BCUT2D eigenvalue weighted by Crippen LogP contribution is -2.35. The fourth-order valence-electron chi connectivity index (χ4n) is 1.80. The van der Waals surface area contributed by atoms with Gasteiger partial charge in [0.1, 0.15) is 5.00 Å². The van der Waals surface area contributed by atoms with Crippen molar-refractivity contribution in [3.63, 3.8) is 0 Å². The molecule has 0 saturated heterocycles. The van der Waals surface area contributed by atoms with Gasteiger partial charge in [0.25, 0.3) is 0 Å². The highest BCUT2D eigenvalue weighted by atomic mass is 32.1. The van der Waals surface area contributed by atoms with Crippen LogP contribution in [0.2, 0.25) is 0 Å². The van der Waals surface area contributed by atoms with Crippen molar-refractivity contribution in [2.45, 2.75) is 19.9 Å². The third-order valence-electron chi connectivity index (χ3n) is 2.92. The molecule has 0 atom stereocenters. The smallest absolute Gasteiger partial charge is 0.314 e. The van der Waals surface area contributed by atoms with Crippen molar-refractivity contribution in [2.24, 2.45) is 0 Å². The van der Waals surface area contributed by atoms with Crippen LogP contribution < -0.4 is 10.6 Å². The first-order valence-electron chi connectivity index (χ1n) is 6.64. The van der Waals surface area contributed by atoms with Crippen LogP contribution in [0.5, 0.6) is 0 Å². The lowest BCUT2D eigenvalue weighted by atomic mass is 10.1. The van der Waals surface area contributed by atoms with Gasteiger partial charge in [-0.1, -0.05) is 19.1 Å². The van der Waals surface area contributed by atoms with Gasteiger partial charge in [-0.15, -0.1) is 11.3 Å². The highest BCUT2D eigenvalue weighted by molar-refractivity contribution is 7.14. The van der Waals surface area contributed by atoms with Crippen LogP contribution in [-0.2, 0) is 22.6 Å². The van der Waals surface area contributed by atoms with Crippen molar-refractivity contribution in [3.8, 4) is 6.07 Å². The second-order valence-electron chi connectivity index (χ2n) is 4.43. The van der Waals surface area contributed by atoms with Gasteiger partial charge in [-0.2, -0.15) is 5.26 Å². The quantitative estimate of drug-likeness (QED) is 0.842. The van der Waals surface area contributed by atoms with Crippen LogP contribution in [0.4, 0.5) is 5.00 Å². The Hall–Kier alpha value is -2.72. The molecule has 0 unspecified atom stereocenters. The van der Waals surface area contributed by atoms with Crippen LogP contribution in [0, 0.1) is 11.3 Å². The molecule has 2 N–H and O–H groups in total. The largest absolute Gasteiger partial charge is 0.344 e. The van der Waals surface area contributed by atoms with E-state index in [4.69, 9.17) is 5.26 Å². The molecule has 1 heterocycles.